The Labute approximate surface area is 149 Å². The summed E-state index contributed by atoms with van der Waals surface area (Å²) in [5.41, 5.74) is 10.5. The minimum Gasteiger partial charge on any atom is -0.326 e. The van der Waals surface area contributed by atoms with Crippen molar-refractivity contribution in [2.75, 3.05) is 0 Å². The van der Waals surface area contributed by atoms with Gasteiger partial charge in [0.05, 0.1) is 17.1 Å². The minimum absolute atomic E-state index is 0.417. The molecule has 2 N–H and O–H groups in total. The summed E-state index contributed by atoms with van der Waals surface area (Å²) in [6.07, 6.45) is 1.77. The third-order valence-corrected chi connectivity index (χ3v) is 5.23. The molecule has 1 aliphatic rings. The predicted octanol–water partition coefficient (Wildman–Crippen LogP) is 4.83. The van der Waals surface area contributed by atoms with Crippen LogP contribution in [-0.2, 0) is 6.54 Å². The van der Waals surface area contributed by atoms with E-state index in [0.29, 0.717) is 11.6 Å². The van der Waals surface area contributed by atoms with Crippen molar-refractivity contribution in [1.82, 2.24) is 4.98 Å². The summed E-state index contributed by atoms with van der Waals surface area (Å²) >= 11 is 7.87. The highest BCUT2D eigenvalue weighted by Gasteiger charge is 2.21. The van der Waals surface area contributed by atoms with Crippen molar-refractivity contribution >= 4 is 34.8 Å². The normalized spacial score (nSPS) is 12.8. The van der Waals surface area contributed by atoms with Crippen LogP contribution < -0.4 is 5.73 Å². The number of hydrogen-bond donors (Lipinski definition) is 1. The van der Waals surface area contributed by atoms with Crippen LogP contribution in [0.25, 0.3) is 0 Å². The average molecular weight is 352 g/mol. The van der Waals surface area contributed by atoms with Gasteiger partial charge in [0.1, 0.15) is 0 Å². The van der Waals surface area contributed by atoms with E-state index in [9.17, 15) is 0 Å². The van der Waals surface area contributed by atoms with E-state index in [4.69, 9.17) is 22.3 Å². The fourth-order valence-electron chi connectivity index (χ4n) is 2.71. The molecule has 0 amide bonds. The molecule has 0 spiro atoms. The number of aliphatic imine (C=N–C) groups is 1. The average Bonchev–Trinajstić information content (AvgIpc) is 2.78. The van der Waals surface area contributed by atoms with Gasteiger partial charge in [-0.25, -0.2) is 4.99 Å². The zero-order chi connectivity index (χ0) is 16.5. The van der Waals surface area contributed by atoms with Crippen LogP contribution >= 0.6 is 23.4 Å². The lowest BCUT2D eigenvalue weighted by atomic mass is 10.0. The van der Waals surface area contributed by atoms with Crippen LogP contribution in [0.1, 0.15) is 16.8 Å². The second-order valence-electron chi connectivity index (χ2n) is 5.39. The van der Waals surface area contributed by atoms with E-state index in [1.807, 2.05) is 42.5 Å². The number of aromatic nitrogens is 1. The van der Waals surface area contributed by atoms with Crippen molar-refractivity contribution in [3.8, 4) is 0 Å². The van der Waals surface area contributed by atoms with Crippen LogP contribution in [0.2, 0.25) is 5.02 Å². The van der Waals surface area contributed by atoms with Crippen molar-refractivity contribution in [3.05, 3.63) is 82.6 Å². The Bertz CT molecular complexity index is 953. The number of nitrogens with zero attached hydrogens (tertiary/aromatic N) is 2. The predicted molar refractivity (Wildman–Crippen MR) is 99.4 cm³/mol. The molecule has 118 valence electrons. The van der Waals surface area contributed by atoms with E-state index < -0.39 is 0 Å². The van der Waals surface area contributed by atoms with Crippen LogP contribution in [0.5, 0.6) is 0 Å². The second-order valence-corrected chi connectivity index (χ2v) is 6.91. The maximum absolute atomic E-state index is 6.18. The molecule has 1 aromatic heterocycles. The quantitative estimate of drug-likeness (QED) is 0.563. The van der Waals surface area contributed by atoms with Crippen molar-refractivity contribution in [2.45, 2.75) is 16.3 Å². The Kier molecular flexibility index (Phi) is 4.10. The lowest BCUT2D eigenvalue weighted by Crippen LogP contribution is -2.12. The van der Waals surface area contributed by atoms with Crippen molar-refractivity contribution in [1.29, 1.82) is 0 Å². The highest BCUT2D eigenvalue weighted by Crippen LogP contribution is 2.42. The molecule has 24 heavy (non-hydrogen) atoms. The molecule has 0 unspecified atom stereocenters. The van der Waals surface area contributed by atoms with Crippen LogP contribution in [0, 0.1) is 0 Å². The maximum Gasteiger partial charge on any atom is 0.0980 e. The molecule has 0 aliphatic carbocycles. The highest BCUT2D eigenvalue weighted by molar-refractivity contribution is 7.99. The second kappa shape index (κ2) is 6.40. The summed E-state index contributed by atoms with van der Waals surface area (Å²) < 4.78 is 0. The summed E-state index contributed by atoms with van der Waals surface area (Å²) in [4.78, 5) is 11.7. The number of rotatable bonds is 2. The van der Waals surface area contributed by atoms with Crippen LogP contribution in [0.3, 0.4) is 0 Å². The molecule has 3 aromatic rings. The van der Waals surface area contributed by atoms with E-state index in [1.165, 1.54) is 0 Å². The lowest BCUT2D eigenvalue weighted by molar-refractivity contribution is 1.04. The van der Waals surface area contributed by atoms with Gasteiger partial charge in [-0.2, -0.15) is 0 Å². The van der Waals surface area contributed by atoms with E-state index in [-0.39, 0.29) is 0 Å². The summed E-state index contributed by atoms with van der Waals surface area (Å²) in [5.74, 6) is 0. The standard InChI is InChI=1S/C19H14ClN3S/c20-13-7-8-17-15(10-13)23-19(14-5-1-2-6-16(14)24-17)18-12(11-21)4-3-9-22-18/h1-10H,11,21H2. The number of pyridine rings is 1. The molecule has 0 atom stereocenters. The minimum atomic E-state index is 0.417. The lowest BCUT2D eigenvalue weighted by Gasteiger charge is -2.11. The number of halogens is 1. The van der Waals surface area contributed by atoms with Crippen LogP contribution in [0.4, 0.5) is 5.69 Å². The molecule has 4 rings (SSSR count). The van der Waals surface area contributed by atoms with Gasteiger partial charge in [-0.05, 0) is 35.9 Å². The van der Waals surface area contributed by atoms with E-state index in [0.717, 1.165) is 38.0 Å². The number of fused-ring (bicyclic) bond motifs is 2. The van der Waals surface area contributed by atoms with Gasteiger partial charge < -0.3 is 5.73 Å². The third-order valence-electron chi connectivity index (χ3n) is 3.85. The molecule has 2 aromatic carbocycles. The fourth-order valence-corrected chi connectivity index (χ4v) is 3.88. The molecule has 2 heterocycles. The molecule has 0 radical (unpaired) electrons. The van der Waals surface area contributed by atoms with E-state index in [1.54, 1.807) is 18.0 Å². The van der Waals surface area contributed by atoms with Gasteiger partial charge in [-0.15, -0.1) is 0 Å². The molecule has 0 saturated carbocycles. The van der Waals surface area contributed by atoms with E-state index in [2.05, 4.69) is 17.1 Å². The zero-order valence-corrected chi connectivity index (χ0v) is 14.3. The van der Waals surface area contributed by atoms with Crippen molar-refractivity contribution in [2.24, 2.45) is 10.7 Å². The molecular formula is C19H14ClN3S. The monoisotopic (exact) mass is 351 g/mol. The number of benzene rings is 2. The first kappa shape index (κ1) is 15.4. The summed E-state index contributed by atoms with van der Waals surface area (Å²) in [7, 11) is 0. The van der Waals surface area contributed by atoms with E-state index >= 15 is 0 Å². The summed E-state index contributed by atoms with van der Waals surface area (Å²) in [6, 6.07) is 17.9. The molecule has 1 aliphatic heterocycles. The van der Waals surface area contributed by atoms with Gasteiger partial charge in [0.25, 0.3) is 0 Å². The topological polar surface area (TPSA) is 51.3 Å². The first-order chi connectivity index (χ1) is 11.8. The van der Waals surface area contributed by atoms with Gasteiger partial charge in [-0.3, -0.25) is 4.98 Å². The first-order valence-electron chi connectivity index (χ1n) is 7.56. The Hall–Kier alpha value is -2.14. The SMILES string of the molecule is NCc1cccnc1C1=Nc2cc(Cl)ccc2Sc2ccccc21. The number of nitrogens with two attached hydrogens (primary N) is 1. The smallest absolute Gasteiger partial charge is 0.0980 e. The number of hydrogen-bond acceptors (Lipinski definition) is 4. The summed E-state index contributed by atoms with van der Waals surface area (Å²) in [5, 5.41) is 0.670. The Morgan fingerprint density at radius 2 is 1.88 bits per heavy atom. The van der Waals surface area contributed by atoms with Gasteiger partial charge in [0, 0.05) is 33.1 Å². The highest BCUT2D eigenvalue weighted by atomic mass is 35.5. The molecular weight excluding hydrogens is 338 g/mol. The van der Waals surface area contributed by atoms with Gasteiger partial charge >= 0.3 is 0 Å². The van der Waals surface area contributed by atoms with Crippen molar-refractivity contribution in [3.63, 3.8) is 0 Å². The van der Waals surface area contributed by atoms with Crippen LogP contribution in [0.15, 0.2) is 75.6 Å². The molecule has 0 saturated heterocycles. The molecule has 3 nitrogen and oxygen atoms in total. The Morgan fingerprint density at radius 1 is 1.00 bits per heavy atom. The Balaban J connectivity index is 2.02. The third kappa shape index (κ3) is 2.73. The first-order valence-corrected chi connectivity index (χ1v) is 8.75. The van der Waals surface area contributed by atoms with Gasteiger partial charge in [0.2, 0.25) is 0 Å². The Morgan fingerprint density at radius 3 is 2.75 bits per heavy atom. The fraction of sp³-hybridized carbons (Fsp3) is 0.0526. The van der Waals surface area contributed by atoms with Crippen LogP contribution in [-0.4, -0.2) is 10.7 Å². The zero-order valence-electron chi connectivity index (χ0n) is 12.7. The largest absolute Gasteiger partial charge is 0.326 e. The summed E-state index contributed by atoms with van der Waals surface area (Å²) in [6.45, 7) is 0.417. The van der Waals surface area contributed by atoms with Crippen molar-refractivity contribution < 1.29 is 0 Å². The molecule has 0 bridgehead atoms. The molecule has 5 heteroatoms. The molecule has 0 fully saturated rings. The van der Waals surface area contributed by atoms with Gasteiger partial charge in [0.15, 0.2) is 0 Å². The maximum atomic E-state index is 6.18. The van der Waals surface area contributed by atoms with Gasteiger partial charge in [-0.1, -0.05) is 47.6 Å².